The van der Waals surface area contributed by atoms with Gasteiger partial charge in [0, 0.05) is 18.5 Å². The summed E-state index contributed by atoms with van der Waals surface area (Å²) in [6, 6.07) is 7.88. The van der Waals surface area contributed by atoms with Crippen molar-refractivity contribution in [2.45, 2.75) is 24.3 Å². The zero-order valence-electron chi connectivity index (χ0n) is 12.7. The lowest BCUT2D eigenvalue weighted by Crippen LogP contribution is -2.34. The van der Waals surface area contributed by atoms with E-state index in [4.69, 9.17) is 13.9 Å². The first-order valence-electron chi connectivity index (χ1n) is 6.73. The normalized spacial score (nSPS) is 12.9. The Morgan fingerprint density at radius 3 is 2.59 bits per heavy atom. The molecular weight excluding hydrogens is 306 g/mol. The quantitative estimate of drug-likeness (QED) is 0.844. The molecule has 0 fully saturated rings. The van der Waals surface area contributed by atoms with Crippen molar-refractivity contribution < 1.29 is 22.3 Å². The van der Waals surface area contributed by atoms with Crippen LogP contribution < -0.4 is 14.2 Å². The van der Waals surface area contributed by atoms with Crippen molar-refractivity contribution >= 4 is 10.0 Å². The van der Waals surface area contributed by atoms with Gasteiger partial charge in [-0.1, -0.05) is 0 Å². The second-order valence-electron chi connectivity index (χ2n) is 4.82. The Labute approximate surface area is 130 Å². The third-order valence-corrected chi connectivity index (χ3v) is 4.71. The van der Waals surface area contributed by atoms with Gasteiger partial charge in [0.25, 0.3) is 0 Å². The molecule has 120 valence electrons. The Morgan fingerprint density at radius 1 is 1.23 bits per heavy atom. The summed E-state index contributed by atoms with van der Waals surface area (Å²) in [6.45, 7) is 1.77. The molecule has 0 amide bonds. The Hall–Kier alpha value is -1.99. The largest absolute Gasteiger partial charge is 0.497 e. The first-order chi connectivity index (χ1) is 10.5. The predicted octanol–water partition coefficient (Wildman–Crippen LogP) is 2.21. The SMILES string of the molecule is COc1ccc(OC)c(S(=O)(=O)N[C@@H](C)Cc2ccco2)c1. The van der Waals surface area contributed by atoms with Crippen LogP contribution in [0.5, 0.6) is 11.5 Å². The summed E-state index contributed by atoms with van der Waals surface area (Å²) in [5, 5.41) is 0. The van der Waals surface area contributed by atoms with Gasteiger partial charge in [-0.3, -0.25) is 0 Å². The molecule has 0 saturated carbocycles. The van der Waals surface area contributed by atoms with Crippen molar-refractivity contribution in [2.24, 2.45) is 0 Å². The van der Waals surface area contributed by atoms with E-state index in [1.807, 2.05) is 0 Å². The molecule has 0 bridgehead atoms. The third kappa shape index (κ3) is 3.80. The molecule has 0 aliphatic rings. The number of ether oxygens (including phenoxy) is 2. The lowest BCUT2D eigenvalue weighted by atomic mass is 10.2. The standard InChI is InChI=1S/C15H19NO5S/c1-11(9-13-5-4-8-21-13)16-22(17,18)15-10-12(19-2)6-7-14(15)20-3/h4-8,10-11,16H,9H2,1-3H3/t11-/m0/s1. The molecule has 6 nitrogen and oxygen atoms in total. The highest BCUT2D eigenvalue weighted by Gasteiger charge is 2.23. The summed E-state index contributed by atoms with van der Waals surface area (Å²) in [7, 11) is -0.834. The number of nitrogens with one attached hydrogen (secondary N) is 1. The second kappa shape index (κ2) is 6.85. The van der Waals surface area contributed by atoms with Crippen molar-refractivity contribution in [1.82, 2.24) is 4.72 Å². The molecule has 1 aromatic heterocycles. The number of methoxy groups -OCH3 is 2. The second-order valence-corrected chi connectivity index (χ2v) is 6.51. The van der Waals surface area contributed by atoms with Crippen LogP contribution in [0, 0.1) is 0 Å². The number of benzene rings is 1. The molecule has 0 saturated heterocycles. The number of hydrogen-bond donors (Lipinski definition) is 1. The van der Waals surface area contributed by atoms with E-state index in [0.29, 0.717) is 17.9 Å². The van der Waals surface area contributed by atoms with Gasteiger partial charge in [0.05, 0.1) is 20.5 Å². The molecule has 7 heteroatoms. The Kier molecular flexibility index (Phi) is 5.10. The molecule has 1 N–H and O–H groups in total. The molecule has 0 aliphatic carbocycles. The van der Waals surface area contributed by atoms with Crippen molar-refractivity contribution in [3.63, 3.8) is 0 Å². The average Bonchev–Trinajstić information content (AvgIpc) is 2.98. The van der Waals surface area contributed by atoms with E-state index >= 15 is 0 Å². The highest BCUT2D eigenvalue weighted by Crippen LogP contribution is 2.28. The van der Waals surface area contributed by atoms with Gasteiger partial charge in [0.15, 0.2) is 0 Å². The van der Waals surface area contributed by atoms with E-state index in [0.717, 1.165) is 0 Å². The summed E-state index contributed by atoms with van der Waals surface area (Å²) < 4.78 is 43.1. The van der Waals surface area contributed by atoms with Crippen LogP contribution >= 0.6 is 0 Å². The summed E-state index contributed by atoms with van der Waals surface area (Å²) in [4.78, 5) is 0.0423. The van der Waals surface area contributed by atoms with Crippen LogP contribution in [0.15, 0.2) is 45.9 Å². The summed E-state index contributed by atoms with van der Waals surface area (Å²) >= 11 is 0. The zero-order valence-corrected chi connectivity index (χ0v) is 13.5. The fourth-order valence-electron chi connectivity index (χ4n) is 2.09. The summed E-state index contributed by atoms with van der Waals surface area (Å²) in [6.07, 6.45) is 2.01. The van der Waals surface area contributed by atoms with Crippen molar-refractivity contribution in [1.29, 1.82) is 0 Å². The third-order valence-electron chi connectivity index (χ3n) is 3.10. The number of sulfonamides is 1. The van der Waals surface area contributed by atoms with Crippen LogP contribution in [0.2, 0.25) is 0 Å². The predicted molar refractivity (Wildman–Crippen MR) is 81.7 cm³/mol. The van der Waals surface area contributed by atoms with Crippen LogP contribution in [-0.4, -0.2) is 28.7 Å². The molecule has 2 rings (SSSR count). The van der Waals surface area contributed by atoms with E-state index in [2.05, 4.69) is 4.72 Å². The monoisotopic (exact) mass is 325 g/mol. The smallest absolute Gasteiger partial charge is 0.244 e. The van der Waals surface area contributed by atoms with Gasteiger partial charge in [-0.25, -0.2) is 13.1 Å². The fourth-order valence-corrected chi connectivity index (χ4v) is 3.52. The number of hydrogen-bond acceptors (Lipinski definition) is 5. The van der Waals surface area contributed by atoms with Gasteiger partial charge in [-0.05, 0) is 31.2 Å². The summed E-state index contributed by atoms with van der Waals surface area (Å²) in [5.74, 6) is 1.42. The van der Waals surface area contributed by atoms with Gasteiger partial charge >= 0.3 is 0 Å². The van der Waals surface area contributed by atoms with Crippen LogP contribution in [-0.2, 0) is 16.4 Å². The minimum absolute atomic E-state index is 0.0423. The average molecular weight is 325 g/mol. The topological polar surface area (TPSA) is 77.8 Å². The molecule has 0 aliphatic heterocycles. The first kappa shape index (κ1) is 16.4. The van der Waals surface area contributed by atoms with E-state index < -0.39 is 10.0 Å². The van der Waals surface area contributed by atoms with Crippen molar-refractivity contribution in [3.8, 4) is 11.5 Å². The molecular formula is C15H19NO5S. The maximum absolute atomic E-state index is 12.5. The molecule has 22 heavy (non-hydrogen) atoms. The van der Waals surface area contributed by atoms with Crippen LogP contribution in [0.1, 0.15) is 12.7 Å². The number of furan rings is 1. The van der Waals surface area contributed by atoms with Gasteiger partial charge in [0.1, 0.15) is 22.2 Å². The van der Waals surface area contributed by atoms with Crippen LogP contribution in [0.25, 0.3) is 0 Å². The lowest BCUT2D eigenvalue weighted by Gasteiger charge is -2.15. The minimum atomic E-state index is -3.73. The molecule has 1 aromatic carbocycles. The molecule has 0 radical (unpaired) electrons. The van der Waals surface area contributed by atoms with Crippen molar-refractivity contribution in [2.75, 3.05) is 14.2 Å². The Balaban J connectivity index is 2.22. The Morgan fingerprint density at radius 2 is 2.00 bits per heavy atom. The maximum atomic E-state index is 12.5. The van der Waals surface area contributed by atoms with Gasteiger partial charge < -0.3 is 13.9 Å². The van der Waals surface area contributed by atoms with Crippen LogP contribution in [0.4, 0.5) is 0 Å². The highest BCUT2D eigenvalue weighted by atomic mass is 32.2. The zero-order chi connectivity index (χ0) is 16.2. The van der Waals surface area contributed by atoms with Gasteiger partial charge in [-0.2, -0.15) is 0 Å². The minimum Gasteiger partial charge on any atom is -0.497 e. The molecule has 1 atom stereocenters. The lowest BCUT2D eigenvalue weighted by molar-refractivity contribution is 0.391. The molecule has 0 unspecified atom stereocenters. The first-order valence-corrected chi connectivity index (χ1v) is 8.21. The fraction of sp³-hybridized carbons (Fsp3) is 0.333. The van der Waals surface area contributed by atoms with Crippen molar-refractivity contribution in [3.05, 3.63) is 42.4 Å². The van der Waals surface area contributed by atoms with E-state index in [1.54, 1.807) is 37.5 Å². The van der Waals surface area contributed by atoms with E-state index in [1.165, 1.54) is 20.3 Å². The molecule has 0 spiro atoms. The number of rotatable bonds is 7. The van der Waals surface area contributed by atoms with E-state index in [9.17, 15) is 8.42 Å². The van der Waals surface area contributed by atoms with Crippen LogP contribution in [0.3, 0.4) is 0 Å². The maximum Gasteiger partial charge on any atom is 0.244 e. The van der Waals surface area contributed by atoms with E-state index in [-0.39, 0.29) is 16.7 Å². The van der Waals surface area contributed by atoms with Gasteiger partial charge in [0.2, 0.25) is 10.0 Å². The summed E-state index contributed by atoms with van der Waals surface area (Å²) in [5.41, 5.74) is 0. The molecule has 1 heterocycles. The highest BCUT2D eigenvalue weighted by molar-refractivity contribution is 7.89. The van der Waals surface area contributed by atoms with Gasteiger partial charge in [-0.15, -0.1) is 0 Å². The molecule has 2 aromatic rings. The Bertz CT molecular complexity index is 710.